The Labute approximate surface area is 161 Å². The van der Waals surface area contributed by atoms with Gasteiger partial charge in [0.05, 0.1) is 16.1 Å². The van der Waals surface area contributed by atoms with Gasteiger partial charge in [0.15, 0.2) is 5.82 Å². The minimum atomic E-state index is 0.211. The van der Waals surface area contributed by atoms with Gasteiger partial charge in [-0.25, -0.2) is 9.97 Å². The monoisotopic (exact) mass is 383 g/mol. The number of thiophene rings is 1. The quantitative estimate of drug-likeness (QED) is 0.477. The number of fused-ring (bicyclic) bond motifs is 1. The van der Waals surface area contributed by atoms with Crippen LogP contribution in [0.3, 0.4) is 0 Å². The van der Waals surface area contributed by atoms with Crippen LogP contribution in [-0.2, 0) is 4.79 Å². The summed E-state index contributed by atoms with van der Waals surface area (Å²) in [6.07, 6.45) is 3.44. The molecule has 0 radical (unpaired) electrons. The van der Waals surface area contributed by atoms with Gasteiger partial charge in [-0.1, -0.05) is 36.0 Å². The largest absolute Gasteiger partial charge is 0.339 e. The van der Waals surface area contributed by atoms with E-state index >= 15 is 0 Å². The van der Waals surface area contributed by atoms with Crippen molar-refractivity contribution in [3.63, 3.8) is 0 Å². The van der Waals surface area contributed by atoms with Gasteiger partial charge in [0, 0.05) is 18.0 Å². The van der Waals surface area contributed by atoms with E-state index in [4.69, 9.17) is 9.97 Å². The maximum absolute atomic E-state index is 12.7. The average molecular weight is 384 g/mol. The van der Waals surface area contributed by atoms with Gasteiger partial charge < -0.3 is 4.90 Å². The van der Waals surface area contributed by atoms with Crippen LogP contribution in [0.4, 0.5) is 0 Å². The fourth-order valence-electron chi connectivity index (χ4n) is 3.36. The highest BCUT2D eigenvalue weighted by molar-refractivity contribution is 8.00. The first-order chi connectivity index (χ1) is 12.7. The molecule has 2 aromatic heterocycles. The van der Waals surface area contributed by atoms with Crippen LogP contribution in [0.1, 0.15) is 26.2 Å². The summed E-state index contributed by atoms with van der Waals surface area (Å²) in [7, 11) is 0. The zero-order chi connectivity index (χ0) is 17.9. The molecule has 0 aliphatic carbocycles. The highest BCUT2D eigenvalue weighted by Crippen LogP contribution is 2.30. The molecule has 3 aromatic rings. The maximum Gasteiger partial charge on any atom is 0.233 e. The number of hydrogen-bond donors (Lipinski definition) is 0. The molecule has 4 nitrogen and oxygen atoms in total. The van der Waals surface area contributed by atoms with E-state index in [0.717, 1.165) is 46.0 Å². The Morgan fingerprint density at radius 1 is 1.23 bits per heavy atom. The molecular weight excluding hydrogens is 362 g/mol. The first-order valence-corrected chi connectivity index (χ1v) is 10.8. The first-order valence-electron chi connectivity index (χ1n) is 8.95. The molecule has 0 N–H and O–H groups in total. The number of hydrogen-bond acceptors (Lipinski definition) is 5. The van der Waals surface area contributed by atoms with E-state index in [1.165, 1.54) is 18.2 Å². The number of piperidine rings is 1. The number of amides is 1. The van der Waals surface area contributed by atoms with E-state index in [9.17, 15) is 4.79 Å². The van der Waals surface area contributed by atoms with Gasteiger partial charge in [-0.3, -0.25) is 4.79 Å². The average Bonchev–Trinajstić information content (AvgIpc) is 3.21. The first kappa shape index (κ1) is 17.5. The molecule has 4 rings (SSSR count). The van der Waals surface area contributed by atoms with Crippen LogP contribution in [0.15, 0.2) is 46.8 Å². The Kier molecular flexibility index (Phi) is 5.22. The van der Waals surface area contributed by atoms with E-state index in [1.54, 1.807) is 11.3 Å². The maximum atomic E-state index is 12.7. The van der Waals surface area contributed by atoms with Crippen LogP contribution in [-0.4, -0.2) is 39.1 Å². The SMILES string of the molecule is C[C@H]1CCCCN1C(=O)CSc1nc(-c2cccs2)nc2ccccc12. The molecule has 0 bridgehead atoms. The minimum Gasteiger partial charge on any atom is -0.339 e. The highest BCUT2D eigenvalue weighted by Gasteiger charge is 2.23. The summed E-state index contributed by atoms with van der Waals surface area (Å²) in [4.78, 5) is 25.2. The predicted molar refractivity (Wildman–Crippen MR) is 109 cm³/mol. The normalized spacial score (nSPS) is 17.6. The van der Waals surface area contributed by atoms with Gasteiger partial charge in [0.2, 0.25) is 5.91 Å². The van der Waals surface area contributed by atoms with Crippen molar-refractivity contribution in [3.8, 4) is 10.7 Å². The van der Waals surface area contributed by atoms with Crippen LogP contribution >= 0.6 is 23.1 Å². The smallest absolute Gasteiger partial charge is 0.233 e. The van der Waals surface area contributed by atoms with Gasteiger partial charge in [0.25, 0.3) is 0 Å². The highest BCUT2D eigenvalue weighted by atomic mass is 32.2. The molecule has 1 atom stereocenters. The van der Waals surface area contributed by atoms with E-state index in [2.05, 4.69) is 6.92 Å². The second kappa shape index (κ2) is 7.76. The summed E-state index contributed by atoms with van der Waals surface area (Å²) in [5.41, 5.74) is 0.923. The molecule has 1 aromatic carbocycles. The third-order valence-electron chi connectivity index (χ3n) is 4.77. The van der Waals surface area contributed by atoms with Crippen LogP contribution in [0.2, 0.25) is 0 Å². The lowest BCUT2D eigenvalue weighted by Crippen LogP contribution is -2.42. The summed E-state index contributed by atoms with van der Waals surface area (Å²) in [5.74, 6) is 1.37. The lowest BCUT2D eigenvalue weighted by atomic mass is 10.0. The number of carbonyl (C=O) groups is 1. The molecule has 26 heavy (non-hydrogen) atoms. The molecule has 1 fully saturated rings. The van der Waals surface area contributed by atoms with Crippen LogP contribution in [0.5, 0.6) is 0 Å². The molecule has 6 heteroatoms. The molecule has 0 saturated carbocycles. The molecule has 1 saturated heterocycles. The number of rotatable bonds is 4. The number of carbonyl (C=O) groups excluding carboxylic acids is 1. The van der Waals surface area contributed by atoms with Crippen LogP contribution in [0, 0.1) is 0 Å². The Morgan fingerprint density at radius 2 is 2.12 bits per heavy atom. The lowest BCUT2D eigenvalue weighted by Gasteiger charge is -2.33. The Morgan fingerprint density at radius 3 is 2.92 bits per heavy atom. The summed E-state index contributed by atoms with van der Waals surface area (Å²) in [6, 6.07) is 12.4. The van der Waals surface area contributed by atoms with E-state index in [1.807, 2.05) is 46.7 Å². The number of para-hydroxylation sites is 1. The van der Waals surface area contributed by atoms with Gasteiger partial charge >= 0.3 is 0 Å². The number of benzene rings is 1. The second-order valence-electron chi connectivity index (χ2n) is 6.57. The van der Waals surface area contributed by atoms with Gasteiger partial charge in [-0.2, -0.15) is 0 Å². The van der Waals surface area contributed by atoms with Crippen molar-refractivity contribution >= 4 is 39.9 Å². The molecule has 3 heterocycles. The van der Waals surface area contributed by atoms with Crippen molar-refractivity contribution in [1.29, 1.82) is 0 Å². The number of likely N-dealkylation sites (tertiary alicyclic amines) is 1. The third kappa shape index (κ3) is 3.62. The van der Waals surface area contributed by atoms with Gasteiger partial charge in [0.1, 0.15) is 5.03 Å². The van der Waals surface area contributed by atoms with Crippen molar-refractivity contribution in [2.24, 2.45) is 0 Å². The minimum absolute atomic E-state index is 0.211. The van der Waals surface area contributed by atoms with Crippen LogP contribution < -0.4 is 0 Å². The third-order valence-corrected chi connectivity index (χ3v) is 6.61. The van der Waals surface area contributed by atoms with Crippen molar-refractivity contribution in [2.45, 2.75) is 37.3 Å². The van der Waals surface area contributed by atoms with E-state index in [-0.39, 0.29) is 5.91 Å². The number of aromatic nitrogens is 2. The zero-order valence-corrected chi connectivity index (χ0v) is 16.4. The molecule has 1 amide bonds. The van der Waals surface area contributed by atoms with Crippen molar-refractivity contribution < 1.29 is 4.79 Å². The summed E-state index contributed by atoms with van der Waals surface area (Å²) >= 11 is 3.16. The number of thioether (sulfide) groups is 1. The standard InChI is InChI=1S/C20H21N3OS2/c1-14-7-4-5-11-23(14)18(24)13-26-20-15-8-2-3-9-16(15)21-19(22-20)17-10-6-12-25-17/h2-3,6,8-10,12,14H,4-5,7,11,13H2,1H3/t14-/m0/s1. The fourth-order valence-corrected chi connectivity index (χ4v) is 4.92. The van der Waals surface area contributed by atoms with Crippen molar-refractivity contribution in [3.05, 3.63) is 41.8 Å². The predicted octanol–water partition coefficient (Wildman–Crippen LogP) is 4.85. The lowest BCUT2D eigenvalue weighted by molar-refractivity contribution is -0.131. The Hall–Kier alpha value is -1.92. The summed E-state index contributed by atoms with van der Waals surface area (Å²) in [5, 5.41) is 3.93. The van der Waals surface area contributed by atoms with Gasteiger partial charge in [-0.05, 0) is 43.7 Å². The molecule has 1 aliphatic heterocycles. The second-order valence-corrected chi connectivity index (χ2v) is 8.48. The zero-order valence-electron chi connectivity index (χ0n) is 14.7. The van der Waals surface area contributed by atoms with E-state index in [0.29, 0.717) is 11.8 Å². The Bertz CT molecular complexity index is 911. The van der Waals surface area contributed by atoms with E-state index < -0.39 is 0 Å². The topological polar surface area (TPSA) is 46.1 Å². The van der Waals surface area contributed by atoms with Crippen molar-refractivity contribution in [1.82, 2.24) is 14.9 Å². The fraction of sp³-hybridized carbons (Fsp3) is 0.350. The van der Waals surface area contributed by atoms with Gasteiger partial charge in [-0.15, -0.1) is 11.3 Å². The summed E-state index contributed by atoms with van der Waals surface area (Å²) < 4.78 is 0. The summed E-state index contributed by atoms with van der Waals surface area (Å²) in [6.45, 7) is 3.03. The molecule has 1 aliphatic rings. The van der Waals surface area contributed by atoms with Crippen molar-refractivity contribution in [2.75, 3.05) is 12.3 Å². The Balaban J connectivity index is 1.60. The number of nitrogens with zero attached hydrogens (tertiary/aromatic N) is 3. The molecule has 134 valence electrons. The van der Waals surface area contributed by atoms with Crippen LogP contribution in [0.25, 0.3) is 21.6 Å². The molecule has 0 unspecified atom stereocenters. The molecule has 0 spiro atoms. The molecular formula is C20H21N3OS2.